The van der Waals surface area contributed by atoms with Crippen LogP contribution in [-0.2, 0) is 11.3 Å². The lowest BCUT2D eigenvalue weighted by Crippen LogP contribution is -2.04. The normalized spacial score (nSPS) is 12.1. The molecule has 14 heavy (non-hydrogen) atoms. The quantitative estimate of drug-likeness (QED) is 0.454. The van der Waals surface area contributed by atoms with Gasteiger partial charge in [-0.2, -0.15) is 0 Å². The number of nitrogens with one attached hydrogen (secondary N) is 1. The molecule has 0 saturated heterocycles. The molecule has 1 aromatic carbocycles. The first-order chi connectivity index (χ1) is 6.50. The molecule has 2 N–H and O–H groups in total. The molecule has 0 fully saturated rings. The molecule has 0 aliphatic heterocycles. The van der Waals surface area contributed by atoms with Gasteiger partial charge < -0.3 is 0 Å². The number of hydrogen-bond acceptors (Lipinski definition) is 3. The van der Waals surface area contributed by atoms with Crippen LogP contribution in [-0.4, -0.2) is 13.7 Å². The van der Waals surface area contributed by atoms with E-state index < -0.39 is 16.2 Å². The van der Waals surface area contributed by atoms with Gasteiger partial charge in [0.05, 0.1) is 4.92 Å². The average Bonchev–Trinajstić information content (AvgIpc) is 2.01. The number of hydrogen-bond donors (Lipinski definition) is 2. The highest BCUT2D eigenvalue weighted by Gasteiger charge is 2.14. The van der Waals surface area contributed by atoms with Crippen molar-refractivity contribution in [3.8, 4) is 0 Å². The molecule has 1 atom stereocenters. The van der Waals surface area contributed by atoms with Crippen LogP contribution in [0.15, 0.2) is 18.2 Å². The number of aryl methyl sites for hydroxylation is 1. The molecule has 1 aromatic rings. The maximum Gasteiger partial charge on any atom is 0.293 e. The van der Waals surface area contributed by atoms with Gasteiger partial charge in [0.2, 0.25) is 0 Å². The van der Waals surface area contributed by atoms with Crippen LogP contribution < -0.4 is 4.72 Å². The number of nitro groups is 1. The van der Waals surface area contributed by atoms with Crippen molar-refractivity contribution >= 4 is 22.6 Å². The second-order valence-electron chi connectivity index (χ2n) is 2.63. The maximum atomic E-state index is 10.5. The zero-order chi connectivity index (χ0) is 10.7. The van der Waals surface area contributed by atoms with Crippen LogP contribution in [0.25, 0.3) is 0 Å². The second kappa shape index (κ2) is 4.16. The van der Waals surface area contributed by atoms with Crippen molar-refractivity contribution in [1.82, 2.24) is 0 Å². The molecule has 1 unspecified atom stereocenters. The number of rotatable bonds is 3. The van der Waals surface area contributed by atoms with Crippen molar-refractivity contribution in [2.45, 2.75) is 6.92 Å². The van der Waals surface area contributed by atoms with Gasteiger partial charge in [0.25, 0.3) is 17.0 Å². The third kappa shape index (κ3) is 2.51. The molecule has 0 aliphatic rings. The number of nitro benzene ring substituents is 1. The fourth-order valence-electron chi connectivity index (χ4n) is 0.985. The summed E-state index contributed by atoms with van der Waals surface area (Å²) in [6.45, 7) is 1.73. The predicted molar refractivity (Wildman–Crippen MR) is 52.2 cm³/mol. The smallest absolute Gasteiger partial charge is 0.289 e. The van der Waals surface area contributed by atoms with Crippen molar-refractivity contribution < 1.29 is 13.7 Å². The van der Waals surface area contributed by atoms with E-state index in [0.29, 0.717) is 0 Å². The first-order valence-electron chi connectivity index (χ1n) is 3.63. The molecule has 0 aliphatic carbocycles. The first kappa shape index (κ1) is 10.6. The van der Waals surface area contributed by atoms with Gasteiger partial charge in [-0.15, -0.1) is 0 Å². The van der Waals surface area contributed by atoms with E-state index in [9.17, 15) is 14.3 Å². The van der Waals surface area contributed by atoms with Crippen LogP contribution in [0.4, 0.5) is 11.4 Å². The summed E-state index contributed by atoms with van der Waals surface area (Å²) in [5.74, 6) is 0. The summed E-state index contributed by atoms with van der Waals surface area (Å²) in [6.07, 6.45) is 0. The first-order valence-corrected chi connectivity index (χ1v) is 4.74. The highest BCUT2D eigenvalue weighted by molar-refractivity contribution is 7.80. The van der Waals surface area contributed by atoms with E-state index >= 15 is 0 Å². The van der Waals surface area contributed by atoms with E-state index in [1.165, 1.54) is 12.1 Å². The zero-order valence-corrected chi connectivity index (χ0v) is 8.08. The van der Waals surface area contributed by atoms with Crippen LogP contribution >= 0.6 is 0 Å². The van der Waals surface area contributed by atoms with E-state index in [-0.39, 0.29) is 11.4 Å². The topological polar surface area (TPSA) is 92.5 Å². The Morgan fingerprint density at radius 3 is 2.71 bits per heavy atom. The third-order valence-corrected chi connectivity index (χ3v) is 1.94. The van der Waals surface area contributed by atoms with Crippen LogP contribution in [0.5, 0.6) is 0 Å². The summed E-state index contributed by atoms with van der Waals surface area (Å²) in [6, 6.07) is 4.28. The number of nitrogens with zero attached hydrogens (tertiary/aromatic N) is 1. The van der Waals surface area contributed by atoms with Gasteiger partial charge in [-0.05, 0) is 18.6 Å². The van der Waals surface area contributed by atoms with Gasteiger partial charge in [0.15, 0.2) is 0 Å². The van der Waals surface area contributed by atoms with Gasteiger partial charge in [0, 0.05) is 6.07 Å². The molecule has 0 heterocycles. The van der Waals surface area contributed by atoms with Crippen LogP contribution in [0.2, 0.25) is 0 Å². The molecule has 0 amide bonds. The van der Waals surface area contributed by atoms with Crippen LogP contribution in [0.3, 0.4) is 0 Å². The van der Waals surface area contributed by atoms with E-state index in [4.69, 9.17) is 4.55 Å². The fourth-order valence-corrected chi connectivity index (χ4v) is 1.34. The summed E-state index contributed by atoms with van der Waals surface area (Å²) < 4.78 is 21.1. The van der Waals surface area contributed by atoms with E-state index in [1.54, 1.807) is 13.0 Å². The molecular formula is C7H8N2O4S. The van der Waals surface area contributed by atoms with Gasteiger partial charge in [-0.1, -0.05) is 6.07 Å². The summed E-state index contributed by atoms with van der Waals surface area (Å²) >= 11 is -2.31. The Balaban J connectivity index is 3.15. The van der Waals surface area contributed by atoms with E-state index in [0.717, 1.165) is 5.56 Å². The molecule has 0 aromatic heterocycles. The Hall–Kier alpha value is -1.47. The van der Waals surface area contributed by atoms with Gasteiger partial charge in [0.1, 0.15) is 5.69 Å². The molecular weight excluding hydrogens is 208 g/mol. The van der Waals surface area contributed by atoms with E-state index in [2.05, 4.69) is 4.72 Å². The fraction of sp³-hybridized carbons (Fsp3) is 0.143. The summed E-state index contributed by atoms with van der Waals surface area (Å²) in [4.78, 5) is 9.88. The Labute approximate surface area is 82.5 Å². The minimum atomic E-state index is -2.31. The van der Waals surface area contributed by atoms with Crippen molar-refractivity contribution in [1.29, 1.82) is 0 Å². The molecule has 0 saturated carbocycles. The van der Waals surface area contributed by atoms with Gasteiger partial charge >= 0.3 is 0 Å². The lowest BCUT2D eigenvalue weighted by atomic mass is 10.2. The zero-order valence-electron chi connectivity index (χ0n) is 7.26. The van der Waals surface area contributed by atoms with Crippen molar-refractivity contribution in [2.75, 3.05) is 4.72 Å². The molecule has 0 bridgehead atoms. The van der Waals surface area contributed by atoms with Crippen molar-refractivity contribution in [3.63, 3.8) is 0 Å². The van der Waals surface area contributed by atoms with Gasteiger partial charge in [-0.25, -0.2) is 4.21 Å². The summed E-state index contributed by atoms with van der Waals surface area (Å²) in [7, 11) is 0. The Bertz CT molecular complexity index is 393. The SMILES string of the molecule is Cc1ccc([N+](=O)[O-])c(NS(=O)O)c1. The van der Waals surface area contributed by atoms with Crippen LogP contribution in [0.1, 0.15) is 5.56 Å². The highest BCUT2D eigenvalue weighted by Crippen LogP contribution is 2.25. The molecule has 1 rings (SSSR count). The van der Waals surface area contributed by atoms with Crippen molar-refractivity contribution in [2.24, 2.45) is 0 Å². The predicted octanol–water partition coefficient (Wildman–Crippen LogP) is 1.45. The molecule has 7 heteroatoms. The second-order valence-corrected chi connectivity index (χ2v) is 3.33. The Kier molecular flexibility index (Phi) is 3.15. The van der Waals surface area contributed by atoms with E-state index in [1.807, 2.05) is 0 Å². The molecule has 76 valence electrons. The molecule has 6 nitrogen and oxygen atoms in total. The Morgan fingerprint density at radius 2 is 2.21 bits per heavy atom. The molecule has 0 spiro atoms. The summed E-state index contributed by atoms with van der Waals surface area (Å²) in [5, 5.41) is 10.5. The average molecular weight is 216 g/mol. The minimum Gasteiger partial charge on any atom is -0.289 e. The minimum absolute atomic E-state index is 0.0378. The highest BCUT2D eigenvalue weighted by atomic mass is 32.2. The Morgan fingerprint density at radius 1 is 1.57 bits per heavy atom. The summed E-state index contributed by atoms with van der Waals surface area (Å²) in [5.41, 5.74) is 0.581. The van der Waals surface area contributed by atoms with Gasteiger partial charge in [-0.3, -0.25) is 19.4 Å². The monoisotopic (exact) mass is 216 g/mol. The van der Waals surface area contributed by atoms with Crippen LogP contribution in [0, 0.1) is 17.0 Å². The lowest BCUT2D eigenvalue weighted by Gasteiger charge is -2.03. The number of benzene rings is 1. The molecule has 0 radical (unpaired) electrons. The lowest BCUT2D eigenvalue weighted by molar-refractivity contribution is -0.383. The third-order valence-electron chi connectivity index (χ3n) is 1.55. The van der Waals surface area contributed by atoms with Crippen molar-refractivity contribution in [3.05, 3.63) is 33.9 Å². The number of anilines is 1. The maximum absolute atomic E-state index is 10.5. The standard InChI is InChI=1S/C7H8N2O4S/c1-5-2-3-7(9(10)11)6(4-5)8-14(12)13/h2-4,8H,1H3,(H,12,13). The largest absolute Gasteiger partial charge is 0.293 e.